The van der Waals surface area contributed by atoms with Crippen LogP contribution in [0.1, 0.15) is 23.0 Å². The van der Waals surface area contributed by atoms with Crippen LogP contribution >= 0.6 is 11.3 Å². The van der Waals surface area contributed by atoms with Crippen molar-refractivity contribution in [2.45, 2.75) is 6.92 Å². The van der Waals surface area contributed by atoms with Crippen LogP contribution in [0.25, 0.3) is 10.6 Å². The summed E-state index contributed by atoms with van der Waals surface area (Å²) in [4.78, 5) is 13.1. The van der Waals surface area contributed by atoms with Crippen molar-refractivity contribution in [2.75, 3.05) is 0 Å². The van der Waals surface area contributed by atoms with Gasteiger partial charge in [-0.2, -0.15) is 10.2 Å². The molecular weight excluding hydrogens is 296 g/mol. The molecule has 0 saturated carbocycles. The van der Waals surface area contributed by atoms with Gasteiger partial charge in [-0.15, -0.1) is 11.3 Å². The third kappa shape index (κ3) is 3.12. The van der Waals surface area contributed by atoms with Crippen LogP contribution in [0.15, 0.2) is 59.0 Å². The molecule has 0 unspecified atom stereocenters. The van der Waals surface area contributed by atoms with Crippen LogP contribution in [0.2, 0.25) is 0 Å². The highest BCUT2D eigenvalue weighted by Gasteiger charge is 2.11. The quantitative estimate of drug-likeness (QED) is 0.573. The normalized spacial score (nSPS) is 11.4. The predicted octanol–water partition coefficient (Wildman–Crippen LogP) is 3.29. The lowest BCUT2D eigenvalue weighted by Gasteiger charge is -2.00. The van der Waals surface area contributed by atoms with E-state index in [0.29, 0.717) is 5.69 Å². The summed E-state index contributed by atoms with van der Waals surface area (Å²) in [5.74, 6) is -0.339. The van der Waals surface area contributed by atoms with Crippen molar-refractivity contribution >= 4 is 23.0 Å². The first-order chi connectivity index (χ1) is 10.7. The monoisotopic (exact) mass is 310 g/mol. The maximum atomic E-state index is 12.1. The van der Waals surface area contributed by atoms with E-state index in [4.69, 9.17) is 0 Å². The lowest BCUT2D eigenvalue weighted by molar-refractivity contribution is 0.0950. The van der Waals surface area contributed by atoms with Crippen molar-refractivity contribution < 1.29 is 4.79 Å². The zero-order chi connectivity index (χ0) is 15.4. The van der Waals surface area contributed by atoms with Gasteiger partial charge in [0.15, 0.2) is 5.69 Å². The highest BCUT2D eigenvalue weighted by atomic mass is 32.1. The number of hydrazone groups is 1. The number of nitrogens with zero attached hydrogens (tertiary/aromatic N) is 2. The Morgan fingerprint density at radius 2 is 2.05 bits per heavy atom. The summed E-state index contributed by atoms with van der Waals surface area (Å²) in [6.07, 6.45) is 0. The fourth-order valence-electron chi connectivity index (χ4n) is 1.93. The third-order valence-corrected chi connectivity index (χ3v) is 4.02. The van der Waals surface area contributed by atoms with Crippen molar-refractivity contribution in [3.8, 4) is 10.6 Å². The van der Waals surface area contributed by atoms with E-state index in [1.54, 1.807) is 17.4 Å². The van der Waals surface area contributed by atoms with E-state index >= 15 is 0 Å². The van der Waals surface area contributed by atoms with E-state index < -0.39 is 0 Å². The highest BCUT2D eigenvalue weighted by Crippen LogP contribution is 2.22. The van der Waals surface area contributed by atoms with Crippen molar-refractivity contribution in [1.29, 1.82) is 0 Å². The number of aromatic amines is 1. The summed E-state index contributed by atoms with van der Waals surface area (Å²) in [6.45, 7) is 1.84. The summed E-state index contributed by atoms with van der Waals surface area (Å²) in [5.41, 5.74) is 5.36. The molecule has 6 heteroatoms. The summed E-state index contributed by atoms with van der Waals surface area (Å²) in [6, 6.07) is 15.3. The number of rotatable bonds is 4. The molecule has 3 rings (SSSR count). The van der Waals surface area contributed by atoms with Crippen molar-refractivity contribution in [3.05, 3.63) is 65.2 Å². The second kappa shape index (κ2) is 6.36. The largest absolute Gasteiger partial charge is 0.291 e. The second-order valence-corrected chi connectivity index (χ2v) is 5.60. The maximum absolute atomic E-state index is 12.1. The van der Waals surface area contributed by atoms with E-state index in [-0.39, 0.29) is 5.91 Å². The molecule has 22 heavy (non-hydrogen) atoms. The number of amides is 1. The zero-order valence-electron chi connectivity index (χ0n) is 11.9. The van der Waals surface area contributed by atoms with Crippen LogP contribution in [-0.4, -0.2) is 21.8 Å². The van der Waals surface area contributed by atoms with Crippen LogP contribution in [0.4, 0.5) is 0 Å². The number of aromatic nitrogens is 2. The standard InChI is InChI=1S/C16H14N4OS/c1-11(12-6-3-2-4-7-12)17-20-16(21)14-10-13(18-19-14)15-8-5-9-22-15/h2-10H,1H3,(H,18,19)(H,20,21)/b17-11+. The van der Waals surface area contributed by atoms with Gasteiger partial charge in [-0.05, 0) is 30.0 Å². The van der Waals surface area contributed by atoms with Gasteiger partial charge in [0, 0.05) is 0 Å². The number of hydrogen-bond acceptors (Lipinski definition) is 4. The Labute approximate surface area is 131 Å². The summed E-state index contributed by atoms with van der Waals surface area (Å²) >= 11 is 1.59. The summed E-state index contributed by atoms with van der Waals surface area (Å²) < 4.78 is 0. The Hall–Kier alpha value is -2.73. The Morgan fingerprint density at radius 3 is 2.77 bits per heavy atom. The van der Waals surface area contributed by atoms with Crippen molar-refractivity contribution in [2.24, 2.45) is 5.10 Å². The molecule has 110 valence electrons. The van der Waals surface area contributed by atoms with Gasteiger partial charge in [-0.3, -0.25) is 9.89 Å². The summed E-state index contributed by atoms with van der Waals surface area (Å²) in [5, 5.41) is 13.0. The molecule has 0 atom stereocenters. The number of carbonyl (C=O) groups is 1. The molecule has 0 aliphatic carbocycles. The molecular formula is C16H14N4OS. The van der Waals surface area contributed by atoms with E-state index in [1.807, 2.05) is 54.8 Å². The van der Waals surface area contributed by atoms with E-state index in [9.17, 15) is 4.79 Å². The molecule has 0 fully saturated rings. The molecule has 1 amide bonds. The molecule has 1 aromatic carbocycles. The third-order valence-electron chi connectivity index (χ3n) is 3.11. The number of H-pyrrole nitrogens is 1. The molecule has 0 bridgehead atoms. The Bertz CT molecular complexity index is 791. The Kier molecular flexibility index (Phi) is 4.11. The van der Waals surface area contributed by atoms with Gasteiger partial charge in [0.1, 0.15) is 0 Å². The smallest absolute Gasteiger partial charge is 0.276 e. The van der Waals surface area contributed by atoms with Crippen LogP contribution in [0, 0.1) is 0 Å². The number of nitrogens with one attached hydrogen (secondary N) is 2. The molecule has 5 nitrogen and oxygen atoms in total. The molecule has 0 aliphatic rings. The van der Waals surface area contributed by atoms with Gasteiger partial charge in [0.25, 0.3) is 5.91 Å². The molecule has 2 heterocycles. The minimum atomic E-state index is -0.339. The van der Waals surface area contributed by atoms with Gasteiger partial charge in [-0.1, -0.05) is 36.4 Å². The molecule has 0 radical (unpaired) electrons. The zero-order valence-corrected chi connectivity index (χ0v) is 12.7. The fraction of sp³-hybridized carbons (Fsp3) is 0.0625. The number of benzene rings is 1. The molecule has 0 saturated heterocycles. The molecule has 2 N–H and O–H groups in total. The Balaban J connectivity index is 1.70. The number of thiophene rings is 1. The van der Waals surface area contributed by atoms with Crippen LogP contribution < -0.4 is 5.43 Å². The number of carbonyl (C=O) groups excluding carboxylic acids is 1. The van der Waals surface area contributed by atoms with E-state index in [0.717, 1.165) is 21.8 Å². The minimum Gasteiger partial charge on any atom is -0.276 e. The minimum absolute atomic E-state index is 0.313. The van der Waals surface area contributed by atoms with Crippen LogP contribution in [0.3, 0.4) is 0 Å². The van der Waals surface area contributed by atoms with Gasteiger partial charge in [0.05, 0.1) is 16.3 Å². The fourth-order valence-corrected chi connectivity index (χ4v) is 2.62. The van der Waals surface area contributed by atoms with Gasteiger partial charge in [-0.25, -0.2) is 5.43 Å². The first-order valence-electron chi connectivity index (χ1n) is 6.73. The van der Waals surface area contributed by atoms with Gasteiger partial charge < -0.3 is 0 Å². The SMILES string of the molecule is C/C(=N\NC(=O)c1cc(-c2cccs2)[nH]n1)c1ccccc1. The predicted molar refractivity (Wildman–Crippen MR) is 88.0 cm³/mol. The first kappa shape index (κ1) is 14.2. The molecule has 0 spiro atoms. The van der Waals surface area contributed by atoms with E-state index in [2.05, 4.69) is 20.7 Å². The Morgan fingerprint density at radius 1 is 1.23 bits per heavy atom. The van der Waals surface area contributed by atoms with Crippen molar-refractivity contribution in [3.63, 3.8) is 0 Å². The highest BCUT2D eigenvalue weighted by molar-refractivity contribution is 7.13. The van der Waals surface area contributed by atoms with Gasteiger partial charge >= 0.3 is 0 Å². The van der Waals surface area contributed by atoms with Gasteiger partial charge in [0.2, 0.25) is 0 Å². The number of hydrogen-bond donors (Lipinski definition) is 2. The average Bonchev–Trinajstić information content (AvgIpc) is 3.23. The molecule has 0 aliphatic heterocycles. The lowest BCUT2D eigenvalue weighted by atomic mass is 10.1. The maximum Gasteiger partial charge on any atom is 0.291 e. The molecule has 2 aromatic heterocycles. The van der Waals surface area contributed by atoms with Crippen molar-refractivity contribution in [1.82, 2.24) is 15.6 Å². The topological polar surface area (TPSA) is 70.1 Å². The first-order valence-corrected chi connectivity index (χ1v) is 7.61. The molecule has 3 aromatic rings. The van der Waals surface area contributed by atoms with Crippen LogP contribution in [-0.2, 0) is 0 Å². The summed E-state index contributed by atoms with van der Waals surface area (Å²) in [7, 11) is 0. The lowest BCUT2D eigenvalue weighted by Crippen LogP contribution is -2.19. The van der Waals surface area contributed by atoms with E-state index in [1.165, 1.54) is 0 Å². The average molecular weight is 310 g/mol. The van der Waals surface area contributed by atoms with Crippen LogP contribution in [0.5, 0.6) is 0 Å². The second-order valence-electron chi connectivity index (χ2n) is 4.65.